The van der Waals surface area contributed by atoms with Crippen molar-refractivity contribution in [3.05, 3.63) is 56.7 Å². The first-order valence-electron chi connectivity index (χ1n) is 7.80. The number of nitrogens with one attached hydrogen (secondary N) is 1. The molecule has 0 atom stereocenters. The number of hydrogen-bond donors (Lipinski definition) is 1. The van der Waals surface area contributed by atoms with Gasteiger partial charge in [0.1, 0.15) is 5.75 Å². The summed E-state index contributed by atoms with van der Waals surface area (Å²) in [5.74, 6) is 0.319. The van der Waals surface area contributed by atoms with Crippen LogP contribution in [0.1, 0.15) is 12.5 Å². The second-order valence-corrected chi connectivity index (χ2v) is 6.94. The van der Waals surface area contributed by atoms with Gasteiger partial charge in [0.05, 0.1) is 10.2 Å². The number of rotatable bonds is 5. The van der Waals surface area contributed by atoms with Crippen LogP contribution in [-0.2, 0) is 11.3 Å². The minimum atomic E-state index is -0.269. The van der Waals surface area contributed by atoms with E-state index >= 15 is 0 Å². The lowest BCUT2D eigenvalue weighted by Crippen LogP contribution is -2.20. The molecule has 3 aromatic rings. The van der Waals surface area contributed by atoms with Gasteiger partial charge in [-0.2, -0.15) is 0 Å². The summed E-state index contributed by atoms with van der Waals surface area (Å²) in [4.78, 5) is 24.0. The summed E-state index contributed by atoms with van der Waals surface area (Å²) in [5, 5.41) is 3.44. The zero-order valence-electron chi connectivity index (χ0n) is 13.8. The van der Waals surface area contributed by atoms with Crippen molar-refractivity contribution in [2.75, 3.05) is 11.9 Å². The standard InChI is InChI=1S/C18H17ClN2O3S/c1-3-21-15-7-4-12(9-16(15)25-18(21)23)20-17(22)10-24-13-5-6-14(19)11(2)8-13/h4-9H,3,10H2,1-2H3,(H,20,22). The fourth-order valence-corrected chi connectivity index (χ4v) is 3.61. The molecule has 3 rings (SSSR count). The van der Waals surface area contributed by atoms with Crippen LogP contribution in [0.4, 0.5) is 5.69 Å². The molecular weight excluding hydrogens is 360 g/mol. The van der Waals surface area contributed by atoms with Crippen LogP contribution in [0.5, 0.6) is 5.75 Å². The second-order valence-electron chi connectivity index (χ2n) is 5.54. The monoisotopic (exact) mass is 376 g/mol. The van der Waals surface area contributed by atoms with E-state index in [0.29, 0.717) is 23.0 Å². The Kier molecular flexibility index (Phi) is 5.11. The molecule has 0 bridgehead atoms. The maximum atomic E-state index is 12.1. The smallest absolute Gasteiger partial charge is 0.308 e. The third-order valence-corrected chi connectivity index (χ3v) is 5.13. The molecule has 1 heterocycles. The second kappa shape index (κ2) is 7.29. The van der Waals surface area contributed by atoms with Gasteiger partial charge in [0.15, 0.2) is 6.61 Å². The lowest BCUT2D eigenvalue weighted by molar-refractivity contribution is -0.118. The van der Waals surface area contributed by atoms with E-state index in [-0.39, 0.29) is 17.4 Å². The normalized spacial score (nSPS) is 10.8. The number of anilines is 1. The fraction of sp³-hybridized carbons (Fsp3) is 0.222. The third kappa shape index (κ3) is 3.86. The van der Waals surface area contributed by atoms with Gasteiger partial charge in [-0.15, -0.1) is 0 Å². The lowest BCUT2D eigenvalue weighted by Gasteiger charge is -2.09. The van der Waals surface area contributed by atoms with E-state index in [1.165, 1.54) is 11.3 Å². The van der Waals surface area contributed by atoms with Crippen LogP contribution in [0, 0.1) is 6.92 Å². The van der Waals surface area contributed by atoms with Crippen molar-refractivity contribution in [1.29, 1.82) is 0 Å². The molecule has 1 amide bonds. The molecule has 7 heteroatoms. The number of carbonyl (C=O) groups excluding carboxylic acids is 1. The molecule has 0 saturated heterocycles. The number of aromatic nitrogens is 1. The number of aryl methyl sites for hydroxylation is 2. The number of thiazole rings is 1. The molecule has 25 heavy (non-hydrogen) atoms. The Bertz CT molecular complexity index is 994. The Morgan fingerprint density at radius 1 is 1.28 bits per heavy atom. The number of benzene rings is 2. The van der Waals surface area contributed by atoms with Crippen LogP contribution >= 0.6 is 22.9 Å². The highest BCUT2D eigenvalue weighted by molar-refractivity contribution is 7.16. The molecule has 0 spiro atoms. The van der Waals surface area contributed by atoms with Crippen molar-refractivity contribution in [3.8, 4) is 5.75 Å². The molecule has 0 aliphatic heterocycles. The van der Waals surface area contributed by atoms with Gasteiger partial charge < -0.3 is 10.1 Å². The molecule has 0 unspecified atom stereocenters. The lowest BCUT2D eigenvalue weighted by atomic mass is 10.2. The summed E-state index contributed by atoms with van der Waals surface area (Å²) in [7, 11) is 0. The Labute approximate surface area is 153 Å². The van der Waals surface area contributed by atoms with Crippen LogP contribution < -0.4 is 14.9 Å². The number of carbonyl (C=O) groups is 1. The predicted octanol–water partition coefficient (Wildman–Crippen LogP) is 4.06. The van der Waals surface area contributed by atoms with Crippen LogP contribution in [0.25, 0.3) is 10.2 Å². The van der Waals surface area contributed by atoms with Crippen molar-refractivity contribution in [3.63, 3.8) is 0 Å². The van der Waals surface area contributed by atoms with Gasteiger partial charge in [0.25, 0.3) is 5.91 Å². The third-order valence-electron chi connectivity index (χ3n) is 3.77. The van der Waals surface area contributed by atoms with E-state index in [1.54, 1.807) is 34.9 Å². The number of ether oxygens (including phenoxy) is 1. The molecule has 0 fully saturated rings. The Balaban J connectivity index is 1.67. The molecule has 0 aliphatic carbocycles. The predicted molar refractivity (Wildman–Crippen MR) is 102 cm³/mol. The van der Waals surface area contributed by atoms with E-state index in [4.69, 9.17) is 16.3 Å². The van der Waals surface area contributed by atoms with Gasteiger partial charge in [0, 0.05) is 17.3 Å². The molecule has 5 nitrogen and oxygen atoms in total. The van der Waals surface area contributed by atoms with Gasteiger partial charge in [-0.3, -0.25) is 14.2 Å². The zero-order chi connectivity index (χ0) is 18.0. The summed E-state index contributed by atoms with van der Waals surface area (Å²) in [5.41, 5.74) is 2.40. The number of hydrogen-bond acceptors (Lipinski definition) is 4. The average molecular weight is 377 g/mol. The average Bonchev–Trinajstić information content (AvgIpc) is 2.90. The van der Waals surface area contributed by atoms with E-state index in [1.807, 2.05) is 19.9 Å². The Morgan fingerprint density at radius 2 is 2.08 bits per heavy atom. The molecule has 130 valence electrons. The first-order valence-corrected chi connectivity index (χ1v) is 8.99. The summed E-state index contributed by atoms with van der Waals surface area (Å²) in [6, 6.07) is 10.7. The molecule has 0 aliphatic rings. The van der Waals surface area contributed by atoms with E-state index < -0.39 is 0 Å². The molecule has 1 aromatic heterocycles. The number of nitrogens with zero attached hydrogens (tertiary/aromatic N) is 1. The van der Waals surface area contributed by atoms with E-state index in [0.717, 1.165) is 15.8 Å². The SMILES string of the molecule is CCn1c(=O)sc2cc(NC(=O)COc3ccc(Cl)c(C)c3)ccc21. The van der Waals surface area contributed by atoms with Crippen molar-refractivity contribution >= 4 is 44.7 Å². The van der Waals surface area contributed by atoms with Gasteiger partial charge >= 0.3 is 4.87 Å². The van der Waals surface area contributed by atoms with Crippen LogP contribution in [-0.4, -0.2) is 17.1 Å². The van der Waals surface area contributed by atoms with Crippen molar-refractivity contribution in [1.82, 2.24) is 4.57 Å². The maximum absolute atomic E-state index is 12.1. The van der Waals surface area contributed by atoms with Crippen molar-refractivity contribution < 1.29 is 9.53 Å². The van der Waals surface area contributed by atoms with E-state index in [2.05, 4.69) is 5.32 Å². The zero-order valence-corrected chi connectivity index (χ0v) is 15.4. The first-order chi connectivity index (χ1) is 12.0. The van der Waals surface area contributed by atoms with Crippen LogP contribution in [0.15, 0.2) is 41.2 Å². The maximum Gasteiger partial charge on any atom is 0.308 e. The van der Waals surface area contributed by atoms with Gasteiger partial charge in [-0.1, -0.05) is 22.9 Å². The van der Waals surface area contributed by atoms with Crippen molar-refractivity contribution in [2.45, 2.75) is 20.4 Å². The summed E-state index contributed by atoms with van der Waals surface area (Å²) in [6.07, 6.45) is 0. The summed E-state index contributed by atoms with van der Waals surface area (Å²) in [6.45, 7) is 4.32. The molecule has 2 aromatic carbocycles. The van der Waals surface area contributed by atoms with Gasteiger partial charge in [-0.25, -0.2) is 0 Å². The largest absolute Gasteiger partial charge is 0.484 e. The van der Waals surface area contributed by atoms with E-state index in [9.17, 15) is 9.59 Å². The number of amides is 1. The highest BCUT2D eigenvalue weighted by Gasteiger charge is 2.09. The fourth-order valence-electron chi connectivity index (χ4n) is 2.50. The first kappa shape index (κ1) is 17.5. The minimum absolute atomic E-state index is 0.00224. The summed E-state index contributed by atoms with van der Waals surface area (Å²) >= 11 is 7.13. The number of halogens is 1. The quantitative estimate of drug-likeness (QED) is 0.730. The number of fused-ring (bicyclic) bond motifs is 1. The van der Waals surface area contributed by atoms with Crippen molar-refractivity contribution in [2.24, 2.45) is 0 Å². The van der Waals surface area contributed by atoms with Crippen LogP contribution in [0.3, 0.4) is 0 Å². The van der Waals surface area contributed by atoms with Crippen LogP contribution in [0.2, 0.25) is 5.02 Å². The highest BCUT2D eigenvalue weighted by atomic mass is 35.5. The minimum Gasteiger partial charge on any atom is -0.484 e. The molecule has 0 saturated carbocycles. The van der Waals surface area contributed by atoms with Gasteiger partial charge in [-0.05, 0) is 55.8 Å². The Morgan fingerprint density at radius 3 is 2.80 bits per heavy atom. The molecule has 1 N–H and O–H groups in total. The molecular formula is C18H17ClN2O3S. The summed E-state index contributed by atoms with van der Waals surface area (Å²) < 4.78 is 8.03. The topological polar surface area (TPSA) is 60.3 Å². The molecule has 0 radical (unpaired) electrons. The highest BCUT2D eigenvalue weighted by Crippen LogP contribution is 2.23. The van der Waals surface area contributed by atoms with Gasteiger partial charge in [0.2, 0.25) is 0 Å². The Hall–Kier alpha value is -2.31.